The number of hydrogen-bond acceptors (Lipinski definition) is 1. The molecular weight excluding hydrogens is 265 g/mol. The lowest BCUT2D eigenvalue weighted by Gasteiger charge is -2.15. The zero-order valence-electron chi connectivity index (χ0n) is 7.41. The average molecular weight is 275 g/mol. The molecule has 0 radical (unpaired) electrons. The molecule has 1 aromatic carbocycles. The number of nitrogens with zero attached hydrogens (tertiary/aromatic N) is 1. The van der Waals surface area contributed by atoms with Crippen molar-refractivity contribution in [1.82, 2.24) is 0 Å². The van der Waals surface area contributed by atoms with E-state index in [-0.39, 0.29) is 10.7 Å². The van der Waals surface area contributed by atoms with Crippen LogP contribution in [0.25, 0.3) is 0 Å². The van der Waals surface area contributed by atoms with E-state index in [0.29, 0.717) is 11.4 Å². The van der Waals surface area contributed by atoms with E-state index in [0.717, 1.165) is 12.2 Å². The molecular formula is C10H9BrClNO. The Kier molecular flexibility index (Phi) is 2.79. The summed E-state index contributed by atoms with van der Waals surface area (Å²) in [6, 6.07) is 7.36. The van der Waals surface area contributed by atoms with Crippen LogP contribution in [0.15, 0.2) is 24.3 Å². The van der Waals surface area contributed by atoms with Crippen molar-refractivity contribution < 1.29 is 4.79 Å². The van der Waals surface area contributed by atoms with Crippen molar-refractivity contribution in [3.05, 3.63) is 29.3 Å². The molecule has 0 spiro atoms. The molecule has 1 fully saturated rings. The normalized spacial score (nSPS) is 21.7. The minimum Gasteiger partial charge on any atom is -0.311 e. The van der Waals surface area contributed by atoms with Crippen LogP contribution in [0.5, 0.6) is 0 Å². The third-order valence-corrected chi connectivity index (χ3v) is 3.05. The highest BCUT2D eigenvalue weighted by molar-refractivity contribution is 9.09. The molecule has 0 aromatic heterocycles. The van der Waals surface area contributed by atoms with E-state index in [9.17, 15) is 4.79 Å². The van der Waals surface area contributed by atoms with Crippen LogP contribution in [0.1, 0.15) is 6.42 Å². The van der Waals surface area contributed by atoms with Crippen molar-refractivity contribution in [3.8, 4) is 0 Å². The molecule has 1 heterocycles. The molecule has 0 saturated carbocycles. The lowest BCUT2D eigenvalue weighted by atomic mass is 10.3. The average Bonchev–Trinajstić information content (AvgIpc) is 2.45. The molecule has 74 valence electrons. The summed E-state index contributed by atoms with van der Waals surface area (Å²) >= 11 is 9.30. The Morgan fingerprint density at radius 2 is 2.29 bits per heavy atom. The Bertz CT molecular complexity index is 369. The van der Waals surface area contributed by atoms with Crippen molar-refractivity contribution in [2.24, 2.45) is 0 Å². The molecule has 1 saturated heterocycles. The van der Waals surface area contributed by atoms with Gasteiger partial charge in [-0.05, 0) is 18.2 Å². The number of amides is 1. The Morgan fingerprint density at radius 3 is 2.86 bits per heavy atom. The fourth-order valence-electron chi connectivity index (χ4n) is 1.56. The number of anilines is 1. The summed E-state index contributed by atoms with van der Waals surface area (Å²) in [5.41, 5.74) is 0.879. The zero-order valence-corrected chi connectivity index (χ0v) is 9.75. The predicted molar refractivity (Wildman–Crippen MR) is 61.1 cm³/mol. The van der Waals surface area contributed by atoms with Crippen LogP contribution in [0.2, 0.25) is 5.02 Å². The molecule has 2 nitrogen and oxygen atoms in total. The van der Waals surface area contributed by atoms with Gasteiger partial charge in [-0.2, -0.15) is 0 Å². The highest BCUT2D eigenvalue weighted by Crippen LogP contribution is 2.26. The molecule has 1 atom stereocenters. The van der Waals surface area contributed by atoms with Crippen LogP contribution in [0.3, 0.4) is 0 Å². The van der Waals surface area contributed by atoms with Gasteiger partial charge in [-0.3, -0.25) is 4.79 Å². The number of carbonyl (C=O) groups excluding carboxylic acids is 1. The molecule has 14 heavy (non-hydrogen) atoms. The summed E-state index contributed by atoms with van der Waals surface area (Å²) in [7, 11) is 0. The van der Waals surface area contributed by atoms with Crippen molar-refractivity contribution in [1.29, 1.82) is 0 Å². The first kappa shape index (κ1) is 9.99. The van der Waals surface area contributed by atoms with Gasteiger partial charge in [0, 0.05) is 28.5 Å². The lowest BCUT2D eigenvalue weighted by Crippen LogP contribution is -2.24. The van der Waals surface area contributed by atoms with E-state index in [1.807, 2.05) is 18.2 Å². The van der Waals surface area contributed by atoms with Gasteiger partial charge >= 0.3 is 0 Å². The number of benzene rings is 1. The van der Waals surface area contributed by atoms with Crippen LogP contribution in [0.4, 0.5) is 5.69 Å². The van der Waals surface area contributed by atoms with Gasteiger partial charge in [0.1, 0.15) is 0 Å². The Labute approximate surface area is 96.0 Å². The SMILES string of the molecule is O=C1CC(Br)CN1c1cccc(Cl)c1. The maximum atomic E-state index is 11.5. The molecule has 0 aliphatic carbocycles. The number of rotatable bonds is 1. The molecule has 1 aliphatic heterocycles. The largest absolute Gasteiger partial charge is 0.311 e. The molecule has 0 N–H and O–H groups in total. The molecule has 1 aromatic rings. The molecule has 2 rings (SSSR count). The van der Waals surface area contributed by atoms with Crippen LogP contribution in [0, 0.1) is 0 Å². The summed E-state index contributed by atoms with van der Waals surface area (Å²) in [5.74, 6) is 0.147. The van der Waals surface area contributed by atoms with E-state index in [4.69, 9.17) is 11.6 Å². The second kappa shape index (κ2) is 3.91. The van der Waals surface area contributed by atoms with Gasteiger partial charge in [0.15, 0.2) is 0 Å². The second-order valence-electron chi connectivity index (χ2n) is 3.29. The van der Waals surface area contributed by atoms with E-state index in [1.165, 1.54) is 0 Å². The van der Waals surface area contributed by atoms with Crippen LogP contribution in [-0.4, -0.2) is 17.3 Å². The number of alkyl halides is 1. The molecule has 0 bridgehead atoms. The van der Waals surface area contributed by atoms with Gasteiger partial charge in [0.05, 0.1) is 0 Å². The number of halogens is 2. The molecule has 1 amide bonds. The quantitative estimate of drug-likeness (QED) is 0.721. The summed E-state index contributed by atoms with van der Waals surface area (Å²) in [6.07, 6.45) is 0.562. The Balaban J connectivity index is 2.27. The summed E-state index contributed by atoms with van der Waals surface area (Å²) < 4.78 is 0. The first-order valence-corrected chi connectivity index (χ1v) is 5.66. The summed E-state index contributed by atoms with van der Waals surface area (Å²) in [4.78, 5) is 13.6. The van der Waals surface area contributed by atoms with Crippen molar-refractivity contribution in [2.75, 3.05) is 11.4 Å². The minimum absolute atomic E-state index is 0.147. The van der Waals surface area contributed by atoms with Crippen molar-refractivity contribution in [2.45, 2.75) is 11.2 Å². The van der Waals surface area contributed by atoms with Gasteiger partial charge in [-0.1, -0.05) is 33.6 Å². The standard InChI is InChI=1S/C10H9BrClNO/c11-7-4-10(14)13(6-7)9-3-1-2-8(12)5-9/h1-3,5,7H,4,6H2. The van der Waals surface area contributed by atoms with Gasteiger partial charge in [0.25, 0.3) is 0 Å². The third kappa shape index (κ3) is 1.93. The third-order valence-electron chi connectivity index (χ3n) is 2.20. The maximum Gasteiger partial charge on any atom is 0.228 e. The van der Waals surface area contributed by atoms with E-state index >= 15 is 0 Å². The second-order valence-corrected chi connectivity index (χ2v) is 5.02. The molecule has 1 aliphatic rings. The Morgan fingerprint density at radius 1 is 1.50 bits per heavy atom. The minimum atomic E-state index is 0.147. The topological polar surface area (TPSA) is 20.3 Å². The van der Waals surface area contributed by atoms with E-state index < -0.39 is 0 Å². The van der Waals surface area contributed by atoms with Crippen LogP contribution in [-0.2, 0) is 4.79 Å². The van der Waals surface area contributed by atoms with Gasteiger partial charge in [-0.15, -0.1) is 0 Å². The highest BCUT2D eigenvalue weighted by atomic mass is 79.9. The first-order valence-electron chi connectivity index (χ1n) is 4.37. The summed E-state index contributed by atoms with van der Waals surface area (Å²) in [5, 5.41) is 0.660. The molecule has 4 heteroatoms. The first-order chi connectivity index (χ1) is 6.66. The smallest absolute Gasteiger partial charge is 0.228 e. The zero-order chi connectivity index (χ0) is 10.1. The Hall–Kier alpha value is -0.540. The van der Waals surface area contributed by atoms with E-state index in [2.05, 4.69) is 15.9 Å². The van der Waals surface area contributed by atoms with Gasteiger partial charge in [-0.25, -0.2) is 0 Å². The fraction of sp³-hybridized carbons (Fsp3) is 0.300. The van der Waals surface area contributed by atoms with E-state index in [1.54, 1.807) is 11.0 Å². The fourth-order valence-corrected chi connectivity index (χ4v) is 2.31. The van der Waals surface area contributed by atoms with Crippen LogP contribution < -0.4 is 4.90 Å². The highest BCUT2D eigenvalue weighted by Gasteiger charge is 2.28. The monoisotopic (exact) mass is 273 g/mol. The van der Waals surface area contributed by atoms with Crippen molar-refractivity contribution >= 4 is 39.1 Å². The molecule has 1 unspecified atom stereocenters. The van der Waals surface area contributed by atoms with Gasteiger partial charge in [0.2, 0.25) is 5.91 Å². The predicted octanol–water partition coefficient (Wildman–Crippen LogP) is 2.84. The number of hydrogen-bond donors (Lipinski definition) is 0. The van der Waals surface area contributed by atoms with Gasteiger partial charge < -0.3 is 4.90 Å². The lowest BCUT2D eigenvalue weighted by molar-refractivity contribution is -0.117. The van der Waals surface area contributed by atoms with Crippen molar-refractivity contribution in [3.63, 3.8) is 0 Å². The van der Waals surface area contributed by atoms with Crippen LogP contribution >= 0.6 is 27.5 Å². The summed E-state index contributed by atoms with van der Waals surface area (Å²) in [6.45, 7) is 0.721. The maximum absolute atomic E-state index is 11.5. The number of carbonyl (C=O) groups is 1.